The molecular weight excluding hydrogens is 218 g/mol. The van der Waals surface area contributed by atoms with Gasteiger partial charge in [-0.15, -0.1) is 11.3 Å². The minimum absolute atomic E-state index is 0.157. The molecule has 1 aromatic heterocycles. The highest BCUT2D eigenvalue weighted by molar-refractivity contribution is 7.19. The van der Waals surface area contributed by atoms with E-state index >= 15 is 0 Å². The summed E-state index contributed by atoms with van der Waals surface area (Å²) in [6.45, 7) is 4.38. The number of anilines is 1. The lowest BCUT2D eigenvalue weighted by Gasteiger charge is -2.30. The molecule has 14 heavy (non-hydrogen) atoms. The van der Waals surface area contributed by atoms with Crippen LogP contribution in [0.15, 0.2) is 12.1 Å². The summed E-state index contributed by atoms with van der Waals surface area (Å²) in [5.41, 5.74) is 0. The molecule has 0 spiro atoms. The van der Waals surface area contributed by atoms with Gasteiger partial charge in [0.05, 0.1) is 22.0 Å². The smallest absolute Gasteiger partial charge is 0.0950 e. The van der Waals surface area contributed by atoms with Gasteiger partial charge in [-0.3, -0.25) is 0 Å². The van der Waals surface area contributed by atoms with Gasteiger partial charge in [0.1, 0.15) is 0 Å². The molecule has 0 aromatic carbocycles. The Kier molecular flexibility index (Phi) is 4.23. The summed E-state index contributed by atoms with van der Waals surface area (Å²) in [5, 5.41) is 10.4. The Morgan fingerprint density at radius 2 is 2.14 bits per heavy atom. The lowest BCUT2D eigenvalue weighted by Crippen LogP contribution is -2.38. The average molecular weight is 234 g/mol. The van der Waals surface area contributed by atoms with Crippen LogP contribution in [0.25, 0.3) is 0 Å². The number of thiophene rings is 1. The van der Waals surface area contributed by atoms with Gasteiger partial charge in [0.15, 0.2) is 0 Å². The summed E-state index contributed by atoms with van der Waals surface area (Å²) >= 11 is 7.40. The second kappa shape index (κ2) is 5.01. The summed E-state index contributed by atoms with van der Waals surface area (Å²) in [7, 11) is 1.99. The Bertz CT molecular complexity index is 287. The second-order valence-corrected chi connectivity index (χ2v) is 5.38. The zero-order chi connectivity index (χ0) is 10.7. The molecule has 0 bridgehead atoms. The molecule has 1 rings (SSSR count). The predicted octanol–water partition coefficient (Wildman–Crippen LogP) is 2.85. The molecule has 1 unspecified atom stereocenters. The Morgan fingerprint density at radius 1 is 1.50 bits per heavy atom. The van der Waals surface area contributed by atoms with Gasteiger partial charge in [0, 0.05) is 7.05 Å². The third kappa shape index (κ3) is 2.62. The molecule has 0 amide bonds. The van der Waals surface area contributed by atoms with Gasteiger partial charge in [-0.1, -0.05) is 25.4 Å². The monoisotopic (exact) mass is 233 g/mol. The number of hydrogen-bond acceptors (Lipinski definition) is 3. The van der Waals surface area contributed by atoms with Crippen LogP contribution in [0.3, 0.4) is 0 Å². The molecule has 4 heteroatoms. The Labute approximate surface area is 94.1 Å². The molecule has 0 radical (unpaired) electrons. The number of halogens is 1. The number of hydrogen-bond donors (Lipinski definition) is 1. The highest BCUT2D eigenvalue weighted by atomic mass is 35.5. The van der Waals surface area contributed by atoms with Crippen molar-refractivity contribution in [2.24, 2.45) is 5.92 Å². The minimum atomic E-state index is 0.157. The van der Waals surface area contributed by atoms with Crippen LogP contribution in [0.5, 0.6) is 0 Å². The van der Waals surface area contributed by atoms with E-state index in [0.29, 0.717) is 5.92 Å². The highest BCUT2D eigenvalue weighted by Gasteiger charge is 2.18. The molecule has 0 saturated heterocycles. The van der Waals surface area contributed by atoms with Gasteiger partial charge >= 0.3 is 0 Å². The fourth-order valence-electron chi connectivity index (χ4n) is 1.44. The molecule has 80 valence electrons. The van der Waals surface area contributed by atoms with Gasteiger partial charge in [0.2, 0.25) is 0 Å². The van der Waals surface area contributed by atoms with Crippen LogP contribution in [0.4, 0.5) is 5.00 Å². The van der Waals surface area contributed by atoms with Crippen molar-refractivity contribution in [2.75, 3.05) is 18.6 Å². The first-order valence-corrected chi connectivity index (χ1v) is 5.84. The molecule has 0 fully saturated rings. The fourth-order valence-corrected chi connectivity index (χ4v) is 2.49. The zero-order valence-corrected chi connectivity index (χ0v) is 10.3. The summed E-state index contributed by atoms with van der Waals surface area (Å²) in [4.78, 5) is 2.08. The molecule has 1 atom stereocenters. The van der Waals surface area contributed by atoms with E-state index in [-0.39, 0.29) is 12.6 Å². The Hall–Kier alpha value is -0.250. The summed E-state index contributed by atoms with van der Waals surface area (Å²) < 4.78 is 0.785. The van der Waals surface area contributed by atoms with Crippen LogP contribution in [0.1, 0.15) is 13.8 Å². The van der Waals surface area contributed by atoms with E-state index in [1.807, 2.05) is 19.2 Å². The van der Waals surface area contributed by atoms with Crippen molar-refractivity contribution in [1.29, 1.82) is 0 Å². The molecule has 0 aliphatic heterocycles. The molecule has 0 aliphatic carbocycles. The van der Waals surface area contributed by atoms with E-state index < -0.39 is 0 Å². The summed E-state index contributed by atoms with van der Waals surface area (Å²) in [6, 6.07) is 4.02. The topological polar surface area (TPSA) is 23.5 Å². The van der Waals surface area contributed by atoms with Gasteiger partial charge in [0.25, 0.3) is 0 Å². The van der Waals surface area contributed by atoms with Gasteiger partial charge < -0.3 is 10.0 Å². The molecule has 1 N–H and O–H groups in total. The average Bonchev–Trinajstić information content (AvgIpc) is 2.52. The normalized spacial score (nSPS) is 13.3. The Balaban J connectivity index is 2.77. The van der Waals surface area contributed by atoms with E-state index in [9.17, 15) is 5.11 Å². The maximum Gasteiger partial charge on any atom is 0.0950 e. The van der Waals surface area contributed by atoms with Crippen LogP contribution < -0.4 is 4.90 Å². The van der Waals surface area contributed by atoms with Crippen LogP contribution in [-0.2, 0) is 0 Å². The van der Waals surface area contributed by atoms with Crippen molar-refractivity contribution in [2.45, 2.75) is 19.9 Å². The molecule has 1 aromatic rings. The number of aliphatic hydroxyl groups excluding tert-OH is 1. The number of nitrogens with zero attached hydrogens (tertiary/aromatic N) is 1. The first kappa shape index (κ1) is 11.8. The van der Waals surface area contributed by atoms with Crippen molar-refractivity contribution in [3.05, 3.63) is 16.5 Å². The SMILES string of the molecule is CC(C)C(CO)N(C)c1ccc(Cl)s1. The van der Waals surface area contributed by atoms with Crippen LogP contribution in [0, 0.1) is 5.92 Å². The molecule has 0 saturated carbocycles. The van der Waals surface area contributed by atoms with Crippen molar-refractivity contribution in [3.63, 3.8) is 0 Å². The quantitative estimate of drug-likeness (QED) is 0.865. The zero-order valence-electron chi connectivity index (χ0n) is 8.70. The van der Waals surface area contributed by atoms with Crippen molar-refractivity contribution < 1.29 is 5.11 Å². The van der Waals surface area contributed by atoms with Gasteiger partial charge in [-0.2, -0.15) is 0 Å². The summed E-state index contributed by atoms with van der Waals surface area (Å²) in [6.07, 6.45) is 0. The molecular formula is C10H16ClNOS. The van der Waals surface area contributed by atoms with E-state index in [1.165, 1.54) is 11.3 Å². The fraction of sp³-hybridized carbons (Fsp3) is 0.600. The van der Waals surface area contributed by atoms with Crippen LogP contribution in [-0.4, -0.2) is 24.8 Å². The van der Waals surface area contributed by atoms with Gasteiger partial charge in [-0.25, -0.2) is 0 Å². The number of rotatable bonds is 4. The van der Waals surface area contributed by atoms with Crippen LogP contribution >= 0.6 is 22.9 Å². The summed E-state index contributed by atoms with van der Waals surface area (Å²) in [5.74, 6) is 0.422. The highest BCUT2D eigenvalue weighted by Crippen LogP contribution is 2.30. The first-order chi connectivity index (χ1) is 6.56. The van der Waals surface area contributed by atoms with Crippen LogP contribution in [0.2, 0.25) is 4.34 Å². The van der Waals surface area contributed by atoms with Crippen molar-refractivity contribution in [3.8, 4) is 0 Å². The maximum absolute atomic E-state index is 9.26. The van der Waals surface area contributed by atoms with Crippen molar-refractivity contribution in [1.82, 2.24) is 0 Å². The minimum Gasteiger partial charge on any atom is -0.394 e. The Morgan fingerprint density at radius 3 is 2.50 bits per heavy atom. The second-order valence-electron chi connectivity index (χ2n) is 3.68. The van der Waals surface area contributed by atoms with Crippen molar-refractivity contribution >= 4 is 27.9 Å². The number of likely N-dealkylation sites (N-methyl/N-ethyl adjacent to an activating group) is 1. The predicted molar refractivity (Wildman–Crippen MR) is 63.4 cm³/mol. The molecule has 1 heterocycles. The largest absolute Gasteiger partial charge is 0.394 e. The third-order valence-electron chi connectivity index (χ3n) is 2.36. The lowest BCUT2D eigenvalue weighted by molar-refractivity contribution is 0.234. The van der Waals surface area contributed by atoms with E-state index in [4.69, 9.17) is 11.6 Å². The third-order valence-corrected chi connectivity index (χ3v) is 3.68. The first-order valence-electron chi connectivity index (χ1n) is 4.65. The standard InChI is InChI=1S/C10H16ClNOS/c1-7(2)8(6-13)12(3)10-5-4-9(11)14-10/h4-5,7-8,13H,6H2,1-3H3. The van der Waals surface area contributed by atoms with E-state index in [2.05, 4.69) is 18.7 Å². The maximum atomic E-state index is 9.26. The molecule has 2 nitrogen and oxygen atoms in total. The van der Waals surface area contributed by atoms with E-state index in [0.717, 1.165) is 9.34 Å². The molecule has 0 aliphatic rings. The van der Waals surface area contributed by atoms with Gasteiger partial charge in [-0.05, 0) is 18.1 Å². The number of aliphatic hydroxyl groups is 1. The van der Waals surface area contributed by atoms with E-state index in [1.54, 1.807) is 0 Å². The lowest BCUT2D eigenvalue weighted by atomic mass is 10.0.